The van der Waals surface area contributed by atoms with Crippen molar-refractivity contribution in [1.29, 1.82) is 0 Å². The molecule has 0 radical (unpaired) electrons. The summed E-state index contributed by atoms with van der Waals surface area (Å²) < 4.78 is 20.2. The van der Waals surface area contributed by atoms with Crippen molar-refractivity contribution >= 4 is 17.7 Å². The molecule has 9 heteroatoms. The molecule has 2 heterocycles. The Labute approximate surface area is 157 Å². The van der Waals surface area contributed by atoms with Crippen molar-refractivity contribution in [3.05, 3.63) is 41.4 Å². The van der Waals surface area contributed by atoms with E-state index >= 15 is 0 Å². The number of carbonyl (C=O) groups is 2. The van der Waals surface area contributed by atoms with Gasteiger partial charge in [-0.3, -0.25) is 10.4 Å². The molecule has 1 aromatic heterocycles. The SMILES string of the molecule is COCCOC(=O)C1=NNC(C)=C(C(=O)OCCOC)C1c1ccncc1. The highest BCUT2D eigenvalue weighted by Gasteiger charge is 2.37. The van der Waals surface area contributed by atoms with Gasteiger partial charge in [-0.15, -0.1) is 0 Å². The van der Waals surface area contributed by atoms with Gasteiger partial charge in [0, 0.05) is 32.3 Å². The Kier molecular flexibility index (Phi) is 7.90. The normalized spacial score (nSPS) is 16.4. The highest BCUT2D eigenvalue weighted by atomic mass is 16.6. The molecule has 0 saturated carbocycles. The van der Waals surface area contributed by atoms with Crippen LogP contribution in [0.5, 0.6) is 0 Å². The van der Waals surface area contributed by atoms with Crippen LogP contribution >= 0.6 is 0 Å². The fourth-order valence-corrected chi connectivity index (χ4v) is 2.52. The van der Waals surface area contributed by atoms with E-state index in [1.807, 2.05) is 0 Å². The molecule has 1 aliphatic heterocycles. The molecule has 27 heavy (non-hydrogen) atoms. The van der Waals surface area contributed by atoms with Crippen LogP contribution in [0.15, 0.2) is 40.9 Å². The van der Waals surface area contributed by atoms with Crippen molar-refractivity contribution < 1.29 is 28.5 Å². The Morgan fingerprint density at radius 1 is 1.00 bits per heavy atom. The Balaban J connectivity index is 2.32. The molecule has 1 aromatic rings. The smallest absolute Gasteiger partial charge is 0.355 e. The van der Waals surface area contributed by atoms with Gasteiger partial charge < -0.3 is 18.9 Å². The van der Waals surface area contributed by atoms with Crippen LogP contribution in [0.25, 0.3) is 0 Å². The van der Waals surface area contributed by atoms with Crippen molar-refractivity contribution in [2.75, 3.05) is 40.6 Å². The number of aromatic nitrogens is 1. The van der Waals surface area contributed by atoms with Gasteiger partial charge in [0.15, 0.2) is 5.71 Å². The van der Waals surface area contributed by atoms with Crippen LogP contribution in [-0.4, -0.2) is 63.3 Å². The van der Waals surface area contributed by atoms with Crippen molar-refractivity contribution in [1.82, 2.24) is 10.4 Å². The number of hydrogen-bond acceptors (Lipinski definition) is 9. The second kappa shape index (κ2) is 10.4. The number of nitrogens with zero attached hydrogens (tertiary/aromatic N) is 2. The zero-order valence-corrected chi connectivity index (χ0v) is 15.6. The summed E-state index contributed by atoms with van der Waals surface area (Å²) in [5.41, 5.74) is 4.22. The number of nitrogens with one attached hydrogen (secondary N) is 1. The van der Waals surface area contributed by atoms with E-state index in [4.69, 9.17) is 18.9 Å². The summed E-state index contributed by atoms with van der Waals surface area (Å²) in [5, 5.41) is 4.12. The van der Waals surface area contributed by atoms with Crippen LogP contribution in [0.2, 0.25) is 0 Å². The van der Waals surface area contributed by atoms with E-state index in [0.29, 0.717) is 11.3 Å². The Morgan fingerprint density at radius 3 is 2.19 bits per heavy atom. The van der Waals surface area contributed by atoms with Crippen LogP contribution in [0.1, 0.15) is 18.4 Å². The number of allylic oxidation sites excluding steroid dienone is 1. The summed E-state index contributed by atoms with van der Waals surface area (Å²) in [6.45, 7) is 2.39. The van der Waals surface area contributed by atoms with E-state index < -0.39 is 17.9 Å². The van der Waals surface area contributed by atoms with Gasteiger partial charge in [0.05, 0.1) is 24.7 Å². The summed E-state index contributed by atoms with van der Waals surface area (Å²) in [5.74, 6) is -1.94. The van der Waals surface area contributed by atoms with Crippen molar-refractivity contribution in [2.24, 2.45) is 5.10 Å². The molecule has 0 aromatic carbocycles. The molecule has 146 valence electrons. The van der Waals surface area contributed by atoms with Crippen molar-refractivity contribution in [3.63, 3.8) is 0 Å². The first kappa shape index (κ1) is 20.5. The summed E-state index contributed by atoms with van der Waals surface area (Å²) in [4.78, 5) is 29.2. The average Bonchev–Trinajstić information content (AvgIpc) is 2.68. The van der Waals surface area contributed by atoms with Gasteiger partial charge in [0.2, 0.25) is 0 Å². The number of hydrazone groups is 1. The average molecular weight is 377 g/mol. The molecule has 0 aliphatic carbocycles. The van der Waals surface area contributed by atoms with Gasteiger partial charge >= 0.3 is 11.9 Å². The molecular weight excluding hydrogens is 354 g/mol. The number of ether oxygens (including phenoxy) is 4. The van der Waals surface area contributed by atoms with E-state index in [1.165, 1.54) is 14.2 Å². The topological polar surface area (TPSA) is 108 Å². The Hall–Kier alpha value is -2.78. The third kappa shape index (κ3) is 5.35. The number of hydrogen-bond donors (Lipinski definition) is 1. The summed E-state index contributed by atoms with van der Waals surface area (Å²) in [6.07, 6.45) is 3.16. The predicted molar refractivity (Wildman–Crippen MR) is 95.9 cm³/mol. The monoisotopic (exact) mass is 377 g/mol. The summed E-state index contributed by atoms with van der Waals surface area (Å²) in [6, 6.07) is 3.42. The minimum Gasteiger partial charge on any atom is -0.460 e. The Bertz CT molecular complexity index is 717. The van der Waals surface area contributed by atoms with Gasteiger partial charge in [0.1, 0.15) is 13.2 Å². The Morgan fingerprint density at radius 2 is 1.59 bits per heavy atom. The predicted octanol–water partition coefficient (Wildman–Crippen LogP) is 0.778. The molecule has 1 N–H and O–H groups in total. The summed E-state index contributed by atoms with van der Waals surface area (Å²) >= 11 is 0. The molecule has 0 saturated heterocycles. The van der Waals surface area contributed by atoms with Gasteiger partial charge in [0.25, 0.3) is 0 Å². The van der Waals surface area contributed by atoms with Gasteiger partial charge in [-0.1, -0.05) is 0 Å². The minimum absolute atomic E-state index is 0.0570. The lowest BCUT2D eigenvalue weighted by Crippen LogP contribution is -2.36. The van der Waals surface area contributed by atoms with E-state index in [-0.39, 0.29) is 37.7 Å². The molecule has 1 unspecified atom stereocenters. The van der Waals surface area contributed by atoms with Crippen molar-refractivity contribution in [3.8, 4) is 0 Å². The lowest BCUT2D eigenvalue weighted by atomic mass is 9.85. The van der Waals surface area contributed by atoms with Crippen molar-refractivity contribution in [2.45, 2.75) is 12.8 Å². The fourth-order valence-electron chi connectivity index (χ4n) is 2.52. The van der Waals surface area contributed by atoms with Crippen LogP contribution in [0, 0.1) is 0 Å². The molecule has 1 atom stereocenters. The number of pyridine rings is 1. The molecule has 2 rings (SSSR count). The lowest BCUT2D eigenvalue weighted by molar-refractivity contribution is -0.140. The maximum atomic E-state index is 12.7. The van der Waals surface area contributed by atoms with Crippen LogP contribution in [-0.2, 0) is 28.5 Å². The lowest BCUT2D eigenvalue weighted by Gasteiger charge is -2.26. The summed E-state index contributed by atoms with van der Waals surface area (Å²) in [7, 11) is 3.02. The highest BCUT2D eigenvalue weighted by molar-refractivity contribution is 6.40. The fraction of sp³-hybridized carbons (Fsp3) is 0.444. The second-order valence-corrected chi connectivity index (χ2v) is 5.62. The minimum atomic E-state index is -0.737. The molecule has 9 nitrogen and oxygen atoms in total. The maximum absolute atomic E-state index is 12.7. The quantitative estimate of drug-likeness (QED) is 0.497. The number of rotatable bonds is 9. The molecule has 0 amide bonds. The zero-order chi connectivity index (χ0) is 19.6. The molecule has 1 aliphatic rings. The first-order chi connectivity index (χ1) is 13.1. The molecule has 0 spiro atoms. The molecule has 0 bridgehead atoms. The molecule has 0 fully saturated rings. The highest BCUT2D eigenvalue weighted by Crippen LogP contribution is 2.31. The first-order valence-electron chi connectivity index (χ1n) is 8.36. The van der Waals surface area contributed by atoms with Crippen LogP contribution in [0.3, 0.4) is 0 Å². The van der Waals surface area contributed by atoms with Gasteiger partial charge in [-0.2, -0.15) is 5.10 Å². The maximum Gasteiger partial charge on any atom is 0.355 e. The van der Waals surface area contributed by atoms with Crippen LogP contribution < -0.4 is 5.43 Å². The van der Waals surface area contributed by atoms with E-state index in [0.717, 1.165) is 0 Å². The number of esters is 2. The van der Waals surface area contributed by atoms with Gasteiger partial charge in [-0.25, -0.2) is 9.59 Å². The van der Waals surface area contributed by atoms with Gasteiger partial charge in [-0.05, 0) is 24.6 Å². The molecular formula is C18H23N3O6. The van der Waals surface area contributed by atoms with E-state index in [1.54, 1.807) is 31.5 Å². The van der Waals surface area contributed by atoms with Crippen LogP contribution in [0.4, 0.5) is 0 Å². The third-order valence-corrected chi connectivity index (χ3v) is 3.82. The standard InChI is InChI=1S/C18H23N3O6/c1-12-14(17(22)26-10-8-24-2)15(13-4-6-19-7-5-13)16(21-20-12)18(23)27-11-9-25-3/h4-7,15,20H,8-11H2,1-3H3. The second-order valence-electron chi connectivity index (χ2n) is 5.62. The largest absolute Gasteiger partial charge is 0.460 e. The first-order valence-corrected chi connectivity index (χ1v) is 8.36. The number of methoxy groups -OCH3 is 2. The van der Waals surface area contributed by atoms with E-state index in [2.05, 4.69) is 15.5 Å². The third-order valence-electron chi connectivity index (χ3n) is 3.82. The van der Waals surface area contributed by atoms with E-state index in [9.17, 15) is 9.59 Å². The number of carbonyl (C=O) groups excluding carboxylic acids is 2. The zero-order valence-electron chi connectivity index (χ0n) is 15.6.